The van der Waals surface area contributed by atoms with Crippen LogP contribution in [-0.2, 0) is 0 Å². The van der Waals surface area contributed by atoms with E-state index < -0.39 is 0 Å². The minimum absolute atomic E-state index is 0.113. The molecule has 0 spiro atoms. The van der Waals surface area contributed by atoms with Gasteiger partial charge in [0.2, 0.25) is 5.88 Å². The molecular weight excluding hydrogens is 212 g/mol. The van der Waals surface area contributed by atoms with E-state index in [1.807, 2.05) is 59.7 Å². The molecule has 0 fully saturated rings. The third-order valence-electron chi connectivity index (χ3n) is 2.86. The van der Waals surface area contributed by atoms with Gasteiger partial charge in [-0.1, -0.05) is 36.4 Å². The molecule has 3 heteroatoms. The van der Waals surface area contributed by atoms with Crippen molar-refractivity contribution < 1.29 is 5.11 Å². The maximum absolute atomic E-state index is 9.97. The Kier molecular flexibility index (Phi) is 2.29. The van der Waals surface area contributed by atoms with Crippen molar-refractivity contribution in [3.8, 4) is 0 Å². The minimum atomic E-state index is 0.113. The molecule has 0 saturated heterocycles. The highest BCUT2D eigenvalue weighted by molar-refractivity contribution is 5.98. The SMILES string of the molecule is OC1=C(c2ccccc2)CN2C=CC=CC2=N1. The van der Waals surface area contributed by atoms with Gasteiger partial charge in [0.25, 0.3) is 0 Å². The van der Waals surface area contributed by atoms with Gasteiger partial charge in [0.05, 0.1) is 6.54 Å². The maximum Gasteiger partial charge on any atom is 0.218 e. The number of benzene rings is 1. The van der Waals surface area contributed by atoms with Gasteiger partial charge in [0.1, 0.15) is 5.84 Å². The average Bonchev–Trinajstić information content (AvgIpc) is 2.39. The number of allylic oxidation sites excluding steroid dienone is 2. The van der Waals surface area contributed by atoms with Crippen LogP contribution >= 0.6 is 0 Å². The van der Waals surface area contributed by atoms with Crippen molar-refractivity contribution in [2.75, 3.05) is 6.54 Å². The molecular formula is C14H12N2O. The van der Waals surface area contributed by atoms with Crippen molar-refractivity contribution in [1.29, 1.82) is 0 Å². The van der Waals surface area contributed by atoms with Crippen LogP contribution in [0.4, 0.5) is 0 Å². The van der Waals surface area contributed by atoms with Gasteiger partial charge in [-0.3, -0.25) is 0 Å². The molecule has 0 bridgehead atoms. The zero-order valence-corrected chi connectivity index (χ0v) is 9.24. The molecule has 3 nitrogen and oxygen atoms in total. The summed E-state index contributed by atoms with van der Waals surface area (Å²) in [5.74, 6) is 0.895. The fourth-order valence-electron chi connectivity index (χ4n) is 1.98. The second-order valence-electron chi connectivity index (χ2n) is 3.97. The molecule has 17 heavy (non-hydrogen) atoms. The first-order chi connectivity index (χ1) is 8.34. The molecule has 0 aliphatic carbocycles. The van der Waals surface area contributed by atoms with Crippen LogP contribution in [0, 0.1) is 0 Å². The molecule has 1 aromatic rings. The molecule has 0 unspecified atom stereocenters. The van der Waals surface area contributed by atoms with Gasteiger partial charge in [0.15, 0.2) is 0 Å². The molecule has 0 aromatic heterocycles. The Morgan fingerprint density at radius 1 is 1.12 bits per heavy atom. The third-order valence-corrected chi connectivity index (χ3v) is 2.86. The summed E-state index contributed by atoms with van der Waals surface area (Å²) in [6.45, 7) is 0.648. The molecule has 0 atom stereocenters. The lowest BCUT2D eigenvalue weighted by Crippen LogP contribution is -2.30. The van der Waals surface area contributed by atoms with Gasteiger partial charge in [-0.15, -0.1) is 0 Å². The Hall–Kier alpha value is -2.29. The quantitative estimate of drug-likeness (QED) is 0.796. The standard InChI is InChI=1S/C14H12N2O/c17-14-12(11-6-2-1-3-7-11)10-16-9-5-4-8-13(16)15-14/h1-9,17H,10H2. The van der Waals surface area contributed by atoms with Crippen LogP contribution in [0.3, 0.4) is 0 Å². The van der Waals surface area contributed by atoms with Crippen molar-refractivity contribution in [2.45, 2.75) is 0 Å². The number of hydrogen-bond acceptors (Lipinski definition) is 3. The van der Waals surface area contributed by atoms with E-state index in [9.17, 15) is 5.11 Å². The molecule has 1 aromatic carbocycles. The second-order valence-corrected chi connectivity index (χ2v) is 3.97. The number of rotatable bonds is 1. The van der Waals surface area contributed by atoms with Gasteiger partial charge in [-0.05, 0) is 17.7 Å². The van der Waals surface area contributed by atoms with Crippen molar-refractivity contribution in [1.82, 2.24) is 4.90 Å². The van der Waals surface area contributed by atoms with Gasteiger partial charge in [-0.2, -0.15) is 4.99 Å². The van der Waals surface area contributed by atoms with Gasteiger partial charge in [0, 0.05) is 11.8 Å². The first kappa shape index (κ1) is 9.90. The second kappa shape index (κ2) is 3.94. The summed E-state index contributed by atoms with van der Waals surface area (Å²) in [7, 11) is 0. The molecule has 0 radical (unpaired) electrons. The number of amidine groups is 1. The van der Waals surface area contributed by atoms with E-state index in [0.717, 1.165) is 17.0 Å². The van der Waals surface area contributed by atoms with Crippen molar-refractivity contribution >= 4 is 11.4 Å². The fraction of sp³-hybridized carbons (Fsp3) is 0.0714. The first-order valence-corrected chi connectivity index (χ1v) is 5.52. The lowest BCUT2D eigenvalue weighted by Gasteiger charge is -2.27. The molecule has 1 N–H and O–H groups in total. The highest BCUT2D eigenvalue weighted by Gasteiger charge is 2.20. The number of aliphatic hydroxyl groups is 1. The van der Waals surface area contributed by atoms with Crippen LogP contribution in [0.5, 0.6) is 0 Å². The normalized spacial score (nSPS) is 18.1. The maximum atomic E-state index is 9.97. The number of hydrogen-bond donors (Lipinski definition) is 1. The summed E-state index contributed by atoms with van der Waals surface area (Å²) in [5.41, 5.74) is 1.87. The Bertz CT molecular complexity index is 553. The molecule has 0 saturated carbocycles. The van der Waals surface area contributed by atoms with E-state index in [2.05, 4.69) is 4.99 Å². The Balaban J connectivity index is 2.04. The Morgan fingerprint density at radius 2 is 1.94 bits per heavy atom. The van der Waals surface area contributed by atoms with Crippen LogP contribution in [0.25, 0.3) is 5.57 Å². The monoisotopic (exact) mass is 224 g/mol. The van der Waals surface area contributed by atoms with E-state index in [1.165, 1.54) is 0 Å². The van der Waals surface area contributed by atoms with E-state index >= 15 is 0 Å². The Labute approximate surface area is 99.7 Å². The summed E-state index contributed by atoms with van der Waals surface area (Å²) in [6, 6.07) is 9.84. The smallest absolute Gasteiger partial charge is 0.218 e. The number of aliphatic imine (C=N–C) groups is 1. The largest absolute Gasteiger partial charge is 0.493 e. The van der Waals surface area contributed by atoms with Crippen molar-refractivity contribution in [3.63, 3.8) is 0 Å². The summed E-state index contributed by atoms with van der Waals surface area (Å²) in [5, 5.41) is 9.97. The van der Waals surface area contributed by atoms with Crippen LogP contribution in [0.2, 0.25) is 0 Å². The summed E-state index contributed by atoms with van der Waals surface area (Å²) >= 11 is 0. The van der Waals surface area contributed by atoms with Crippen LogP contribution < -0.4 is 0 Å². The number of fused-ring (bicyclic) bond motifs is 1. The van der Waals surface area contributed by atoms with Gasteiger partial charge < -0.3 is 10.0 Å². The van der Waals surface area contributed by atoms with E-state index in [1.54, 1.807) is 0 Å². The lowest BCUT2D eigenvalue weighted by molar-refractivity contribution is 0.397. The predicted octanol–water partition coefficient (Wildman–Crippen LogP) is 2.71. The molecule has 2 aliphatic heterocycles. The van der Waals surface area contributed by atoms with Crippen molar-refractivity contribution in [3.05, 3.63) is 66.2 Å². The first-order valence-electron chi connectivity index (χ1n) is 5.52. The summed E-state index contributed by atoms with van der Waals surface area (Å²) in [4.78, 5) is 6.22. The molecule has 2 aliphatic rings. The van der Waals surface area contributed by atoms with Gasteiger partial charge >= 0.3 is 0 Å². The van der Waals surface area contributed by atoms with Crippen LogP contribution in [-0.4, -0.2) is 22.4 Å². The van der Waals surface area contributed by atoms with Crippen molar-refractivity contribution in [2.24, 2.45) is 4.99 Å². The Morgan fingerprint density at radius 3 is 2.76 bits per heavy atom. The zero-order chi connectivity index (χ0) is 11.7. The van der Waals surface area contributed by atoms with Crippen LogP contribution in [0.1, 0.15) is 5.56 Å². The molecule has 2 heterocycles. The minimum Gasteiger partial charge on any atom is -0.493 e. The van der Waals surface area contributed by atoms with E-state index in [-0.39, 0.29) is 5.88 Å². The van der Waals surface area contributed by atoms with E-state index in [4.69, 9.17) is 0 Å². The highest BCUT2D eigenvalue weighted by Crippen LogP contribution is 2.25. The lowest BCUT2D eigenvalue weighted by atomic mass is 10.0. The molecule has 3 rings (SSSR count). The van der Waals surface area contributed by atoms with Gasteiger partial charge in [-0.25, -0.2) is 0 Å². The highest BCUT2D eigenvalue weighted by atomic mass is 16.3. The number of aliphatic hydroxyl groups excluding tert-OH is 1. The fourth-order valence-corrected chi connectivity index (χ4v) is 1.98. The number of nitrogens with zero attached hydrogens (tertiary/aromatic N) is 2. The summed E-state index contributed by atoms with van der Waals surface area (Å²) < 4.78 is 0. The molecule has 84 valence electrons. The molecule has 0 amide bonds. The average molecular weight is 224 g/mol. The van der Waals surface area contributed by atoms with Crippen LogP contribution in [0.15, 0.2) is 65.6 Å². The third kappa shape index (κ3) is 1.76. The summed E-state index contributed by atoms with van der Waals surface area (Å²) in [6.07, 6.45) is 7.73. The predicted molar refractivity (Wildman–Crippen MR) is 68.4 cm³/mol. The van der Waals surface area contributed by atoms with E-state index in [0.29, 0.717) is 6.54 Å². The zero-order valence-electron chi connectivity index (χ0n) is 9.24. The topological polar surface area (TPSA) is 35.8 Å².